The predicted molar refractivity (Wildman–Crippen MR) is 80.0 cm³/mol. The zero-order chi connectivity index (χ0) is 14.5. The molecule has 20 heavy (non-hydrogen) atoms. The van der Waals surface area contributed by atoms with E-state index in [1.54, 1.807) is 24.3 Å². The minimum atomic E-state index is -0.121. The summed E-state index contributed by atoms with van der Waals surface area (Å²) < 4.78 is 0. The van der Waals surface area contributed by atoms with E-state index >= 15 is 0 Å². The number of carbonyl (C=O) groups is 2. The van der Waals surface area contributed by atoms with E-state index in [0.717, 1.165) is 11.1 Å². The highest BCUT2D eigenvalue weighted by Gasteiger charge is 2.10. The fraction of sp³-hybridized carbons (Fsp3) is 0.176. The molecule has 0 radical (unpaired) electrons. The lowest BCUT2D eigenvalue weighted by atomic mass is 10.1. The van der Waals surface area contributed by atoms with Crippen LogP contribution in [0.2, 0.25) is 0 Å². The van der Waals surface area contributed by atoms with Crippen LogP contribution in [-0.4, -0.2) is 11.7 Å². The van der Waals surface area contributed by atoms with Crippen LogP contribution in [0.3, 0.4) is 0 Å². The fourth-order valence-electron chi connectivity index (χ4n) is 2.10. The molecule has 2 aromatic rings. The lowest BCUT2D eigenvalue weighted by Crippen LogP contribution is -2.16. The van der Waals surface area contributed by atoms with E-state index in [2.05, 4.69) is 5.32 Å². The van der Waals surface area contributed by atoms with Gasteiger partial charge in [0.25, 0.3) is 0 Å². The maximum atomic E-state index is 12.0. The molecule has 0 saturated heterocycles. The Morgan fingerprint density at radius 3 is 2.50 bits per heavy atom. The molecular weight excluding hydrogens is 250 g/mol. The number of aryl methyl sites for hydroxylation is 1. The molecule has 2 aromatic carbocycles. The van der Waals surface area contributed by atoms with Gasteiger partial charge in [-0.2, -0.15) is 0 Å². The molecule has 0 saturated carbocycles. The molecule has 2 rings (SSSR count). The molecule has 0 aliphatic carbocycles. The van der Waals surface area contributed by atoms with E-state index in [0.29, 0.717) is 17.7 Å². The Morgan fingerprint density at radius 1 is 1.05 bits per heavy atom. The van der Waals surface area contributed by atoms with E-state index in [4.69, 9.17) is 0 Å². The molecule has 0 spiro atoms. The fourth-order valence-corrected chi connectivity index (χ4v) is 2.10. The Bertz CT molecular complexity index is 647. The first-order valence-electron chi connectivity index (χ1n) is 6.51. The van der Waals surface area contributed by atoms with Crippen molar-refractivity contribution in [3.05, 3.63) is 65.2 Å². The Labute approximate surface area is 118 Å². The Kier molecular flexibility index (Phi) is 4.31. The van der Waals surface area contributed by atoms with E-state index in [-0.39, 0.29) is 11.7 Å². The summed E-state index contributed by atoms with van der Waals surface area (Å²) in [5.74, 6) is -0.180. The van der Waals surface area contributed by atoms with E-state index < -0.39 is 0 Å². The lowest BCUT2D eigenvalue weighted by Gasteiger charge is -2.09. The largest absolute Gasteiger partial charge is 0.325 e. The number of benzene rings is 2. The van der Waals surface area contributed by atoms with E-state index in [9.17, 15) is 9.59 Å². The Hall–Kier alpha value is -2.42. The molecule has 0 heterocycles. The Morgan fingerprint density at radius 2 is 1.80 bits per heavy atom. The van der Waals surface area contributed by atoms with Crippen LogP contribution >= 0.6 is 0 Å². The van der Waals surface area contributed by atoms with Crippen molar-refractivity contribution in [1.29, 1.82) is 0 Å². The zero-order valence-corrected chi connectivity index (χ0v) is 11.6. The minimum absolute atomic E-state index is 0.0588. The second kappa shape index (κ2) is 6.15. The molecule has 0 aliphatic heterocycles. The van der Waals surface area contributed by atoms with Gasteiger partial charge in [-0.3, -0.25) is 9.59 Å². The third kappa shape index (κ3) is 3.54. The molecule has 1 amide bonds. The first-order chi connectivity index (χ1) is 9.56. The minimum Gasteiger partial charge on any atom is -0.325 e. The van der Waals surface area contributed by atoms with E-state index in [1.807, 2.05) is 31.2 Å². The number of nitrogens with one attached hydrogen (secondary N) is 1. The highest BCUT2D eigenvalue weighted by atomic mass is 16.1. The van der Waals surface area contributed by atoms with Gasteiger partial charge in [-0.05, 0) is 31.5 Å². The van der Waals surface area contributed by atoms with Gasteiger partial charge in [-0.15, -0.1) is 0 Å². The normalized spacial score (nSPS) is 10.1. The van der Waals surface area contributed by atoms with Crippen LogP contribution in [0.4, 0.5) is 5.69 Å². The maximum absolute atomic E-state index is 12.0. The van der Waals surface area contributed by atoms with Gasteiger partial charge in [0.1, 0.15) is 0 Å². The molecule has 3 nitrogen and oxygen atoms in total. The second-order valence-corrected chi connectivity index (χ2v) is 4.82. The van der Waals surface area contributed by atoms with Crippen LogP contribution in [0.5, 0.6) is 0 Å². The summed E-state index contributed by atoms with van der Waals surface area (Å²) in [4.78, 5) is 23.5. The smallest absolute Gasteiger partial charge is 0.228 e. The first-order valence-corrected chi connectivity index (χ1v) is 6.51. The molecule has 0 unspecified atom stereocenters. The van der Waals surface area contributed by atoms with Crippen LogP contribution in [0.1, 0.15) is 28.4 Å². The van der Waals surface area contributed by atoms with Gasteiger partial charge in [0.05, 0.1) is 12.1 Å². The van der Waals surface area contributed by atoms with Crippen LogP contribution in [0, 0.1) is 6.92 Å². The van der Waals surface area contributed by atoms with Gasteiger partial charge in [-0.1, -0.05) is 42.0 Å². The van der Waals surface area contributed by atoms with Crippen molar-refractivity contribution < 1.29 is 9.59 Å². The number of hydrogen-bond acceptors (Lipinski definition) is 2. The SMILES string of the molecule is CC(=O)c1ccccc1NC(=O)Cc1cccc(C)c1. The van der Waals surface area contributed by atoms with Gasteiger partial charge in [0.2, 0.25) is 5.91 Å². The van der Waals surface area contributed by atoms with Gasteiger partial charge in [0.15, 0.2) is 5.78 Å². The summed E-state index contributed by atoms with van der Waals surface area (Å²) in [6.45, 7) is 3.48. The molecule has 102 valence electrons. The summed E-state index contributed by atoms with van der Waals surface area (Å²) in [6.07, 6.45) is 0.300. The zero-order valence-electron chi connectivity index (χ0n) is 11.6. The number of amides is 1. The number of para-hydroxylation sites is 1. The third-order valence-corrected chi connectivity index (χ3v) is 3.03. The number of hydrogen-bond donors (Lipinski definition) is 1. The molecule has 0 atom stereocenters. The highest BCUT2D eigenvalue weighted by molar-refractivity contribution is 6.04. The Balaban J connectivity index is 2.11. The highest BCUT2D eigenvalue weighted by Crippen LogP contribution is 2.16. The average Bonchev–Trinajstić information content (AvgIpc) is 2.38. The molecule has 0 aromatic heterocycles. The van der Waals surface area contributed by atoms with Gasteiger partial charge < -0.3 is 5.32 Å². The third-order valence-electron chi connectivity index (χ3n) is 3.03. The standard InChI is InChI=1S/C17H17NO2/c1-12-6-5-7-14(10-12)11-17(20)18-16-9-4-3-8-15(16)13(2)19/h3-10H,11H2,1-2H3,(H,18,20). The monoisotopic (exact) mass is 267 g/mol. The topological polar surface area (TPSA) is 46.2 Å². The van der Waals surface area contributed by atoms with Crippen molar-refractivity contribution in [2.24, 2.45) is 0 Å². The van der Waals surface area contributed by atoms with Crippen molar-refractivity contribution in [3.63, 3.8) is 0 Å². The van der Waals surface area contributed by atoms with Crippen LogP contribution < -0.4 is 5.32 Å². The lowest BCUT2D eigenvalue weighted by molar-refractivity contribution is -0.115. The number of ketones is 1. The number of carbonyl (C=O) groups excluding carboxylic acids is 2. The number of Topliss-reactive ketones (excluding diaryl/α,β-unsaturated/α-hetero) is 1. The van der Waals surface area contributed by atoms with Gasteiger partial charge >= 0.3 is 0 Å². The van der Waals surface area contributed by atoms with Gasteiger partial charge in [0, 0.05) is 5.56 Å². The van der Waals surface area contributed by atoms with Crippen LogP contribution in [0.15, 0.2) is 48.5 Å². The molecular formula is C17H17NO2. The predicted octanol–water partition coefficient (Wildman–Crippen LogP) is 3.38. The first kappa shape index (κ1) is 14.0. The molecule has 0 bridgehead atoms. The van der Waals surface area contributed by atoms with Crippen molar-refractivity contribution in [1.82, 2.24) is 0 Å². The summed E-state index contributed by atoms with van der Waals surface area (Å²) in [5.41, 5.74) is 3.19. The molecule has 1 N–H and O–H groups in total. The van der Waals surface area contributed by atoms with E-state index in [1.165, 1.54) is 6.92 Å². The molecule has 0 aliphatic rings. The molecule has 0 fully saturated rings. The van der Waals surface area contributed by atoms with Crippen LogP contribution in [0.25, 0.3) is 0 Å². The number of rotatable bonds is 4. The van der Waals surface area contributed by atoms with Crippen LogP contribution in [-0.2, 0) is 11.2 Å². The quantitative estimate of drug-likeness (QED) is 0.863. The van der Waals surface area contributed by atoms with Crippen molar-refractivity contribution >= 4 is 17.4 Å². The summed E-state index contributed by atoms with van der Waals surface area (Å²) >= 11 is 0. The number of anilines is 1. The van der Waals surface area contributed by atoms with Crippen molar-refractivity contribution in [3.8, 4) is 0 Å². The maximum Gasteiger partial charge on any atom is 0.228 e. The van der Waals surface area contributed by atoms with Crippen molar-refractivity contribution in [2.45, 2.75) is 20.3 Å². The summed E-state index contributed by atoms with van der Waals surface area (Å²) in [7, 11) is 0. The molecule has 3 heteroatoms. The van der Waals surface area contributed by atoms with Crippen molar-refractivity contribution in [2.75, 3.05) is 5.32 Å². The summed E-state index contributed by atoms with van der Waals surface area (Å²) in [6, 6.07) is 14.9. The summed E-state index contributed by atoms with van der Waals surface area (Å²) in [5, 5.41) is 2.80. The van der Waals surface area contributed by atoms with Gasteiger partial charge in [-0.25, -0.2) is 0 Å². The second-order valence-electron chi connectivity index (χ2n) is 4.82. The average molecular weight is 267 g/mol.